The van der Waals surface area contributed by atoms with E-state index in [0.29, 0.717) is 26.2 Å². The van der Waals surface area contributed by atoms with Crippen LogP contribution in [0.1, 0.15) is 5.56 Å². The molecule has 7 heteroatoms. The number of rotatable bonds is 4. The molecule has 0 amide bonds. The highest BCUT2D eigenvalue weighted by Crippen LogP contribution is 2.24. The van der Waals surface area contributed by atoms with E-state index >= 15 is 0 Å². The lowest BCUT2D eigenvalue weighted by atomic mass is 10.2. The predicted octanol–water partition coefficient (Wildman–Crippen LogP) is 3.13. The Labute approximate surface area is 146 Å². The molecule has 2 aromatic carbocycles. The summed E-state index contributed by atoms with van der Waals surface area (Å²) < 4.78 is 40.4. The number of nitrogens with zero attached hydrogens (tertiary/aromatic N) is 2. The summed E-state index contributed by atoms with van der Waals surface area (Å²) in [4.78, 5) is 2.14. The summed E-state index contributed by atoms with van der Waals surface area (Å²) in [5, 5.41) is 0.140. The van der Waals surface area contributed by atoms with Gasteiger partial charge >= 0.3 is 0 Å². The van der Waals surface area contributed by atoms with Gasteiger partial charge in [-0.05, 0) is 24.3 Å². The van der Waals surface area contributed by atoms with Crippen molar-refractivity contribution in [2.24, 2.45) is 0 Å². The van der Waals surface area contributed by atoms with Gasteiger partial charge in [-0.2, -0.15) is 4.31 Å². The van der Waals surface area contributed by atoms with Crippen LogP contribution in [0.3, 0.4) is 0 Å². The largest absolute Gasteiger partial charge is 0.369 e. The van der Waals surface area contributed by atoms with Gasteiger partial charge < -0.3 is 4.90 Å². The molecule has 1 aliphatic rings. The number of hydrogen-bond donors (Lipinski definition) is 0. The lowest BCUT2D eigenvalue weighted by Crippen LogP contribution is -2.49. The number of piperazine rings is 1. The third-order valence-electron chi connectivity index (χ3n) is 4.14. The zero-order valence-corrected chi connectivity index (χ0v) is 14.6. The molecule has 0 spiro atoms. The van der Waals surface area contributed by atoms with Crippen LogP contribution < -0.4 is 4.90 Å². The van der Waals surface area contributed by atoms with E-state index in [1.54, 1.807) is 0 Å². The first-order valence-electron chi connectivity index (χ1n) is 7.68. The number of sulfonamides is 1. The van der Waals surface area contributed by atoms with Gasteiger partial charge in [0.05, 0.1) is 5.75 Å². The minimum absolute atomic E-state index is 0.0321. The van der Waals surface area contributed by atoms with Crippen LogP contribution >= 0.6 is 11.6 Å². The van der Waals surface area contributed by atoms with E-state index in [2.05, 4.69) is 4.90 Å². The molecule has 0 N–H and O–H groups in total. The Kier molecular flexibility index (Phi) is 5.08. The zero-order valence-electron chi connectivity index (χ0n) is 13.0. The smallest absolute Gasteiger partial charge is 0.218 e. The number of hydrogen-bond acceptors (Lipinski definition) is 3. The molecule has 1 heterocycles. The standard InChI is InChI=1S/C17H18ClFN2O2S/c18-16-7-4-8-17(19)15(16)13-24(22,23)21-11-9-20(10-12-21)14-5-2-1-3-6-14/h1-8H,9-13H2. The molecular formula is C17H18ClFN2O2S. The Balaban J connectivity index is 1.69. The molecule has 0 saturated carbocycles. The topological polar surface area (TPSA) is 40.6 Å². The van der Waals surface area contributed by atoms with E-state index < -0.39 is 21.6 Å². The van der Waals surface area contributed by atoms with Crippen LogP contribution in [0.15, 0.2) is 48.5 Å². The number of para-hydroxylation sites is 1. The fraction of sp³-hybridized carbons (Fsp3) is 0.294. The Hall–Kier alpha value is -1.63. The van der Waals surface area contributed by atoms with Crippen molar-refractivity contribution in [1.29, 1.82) is 0 Å². The van der Waals surface area contributed by atoms with Crippen LogP contribution in [0.4, 0.5) is 10.1 Å². The van der Waals surface area contributed by atoms with Gasteiger partial charge in [-0.25, -0.2) is 12.8 Å². The van der Waals surface area contributed by atoms with Gasteiger partial charge in [0, 0.05) is 42.5 Å². The van der Waals surface area contributed by atoms with Crippen LogP contribution in [-0.4, -0.2) is 38.9 Å². The molecule has 0 atom stereocenters. The summed E-state index contributed by atoms with van der Waals surface area (Å²) in [5.41, 5.74) is 1.11. The maximum absolute atomic E-state index is 13.9. The van der Waals surface area contributed by atoms with Gasteiger partial charge in [0.1, 0.15) is 5.82 Å². The van der Waals surface area contributed by atoms with Gasteiger partial charge in [-0.1, -0.05) is 35.9 Å². The first-order valence-corrected chi connectivity index (χ1v) is 9.67. The monoisotopic (exact) mass is 368 g/mol. The van der Waals surface area contributed by atoms with Crippen molar-refractivity contribution in [3.05, 3.63) is 64.9 Å². The fourth-order valence-corrected chi connectivity index (χ4v) is 4.68. The molecule has 128 valence electrons. The highest BCUT2D eigenvalue weighted by atomic mass is 35.5. The summed E-state index contributed by atoms with van der Waals surface area (Å²) in [6.45, 7) is 1.97. The van der Waals surface area contributed by atoms with Crippen molar-refractivity contribution in [2.45, 2.75) is 5.75 Å². The summed E-state index contributed by atoms with van der Waals surface area (Å²) >= 11 is 5.95. The molecule has 0 aliphatic carbocycles. The normalized spacial score (nSPS) is 16.3. The van der Waals surface area contributed by atoms with Gasteiger partial charge in [0.25, 0.3) is 0 Å². The first kappa shape index (κ1) is 17.2. The van der Waals surface area contributed by atoms with Crippen molar-refractivity contribution >= 4 is 27.3 Å². The SMILES string of the molecule is O=S(=O)(Cc1c(F)cccc1Cl)N1CCN(c2ccccc2)CC1. The molecule has 1 saturated heterocycles. The molecule has 24 heavy (non-hydrogen) atoms. The molecular weight excluding hydrogens is 351 g/mol. The Morgan fingerprint density at radius 1 is 0.958 bits per heavy atom. The Morgan fingerprint density at radius 2 is 1.62 bits per heavy atom. The van der Waals surface area contributed by atoms with Crippen LogP contribution in [0.2, 0.25) is 5.02 Å². The molecule has 1 fully saturated rings. The van der Waals surface area contributed by atoms with Crippen molar-refractivity contribution in [3.63, 3.8) is 0 Å². The zero-order chi connectivity index (χ0) is 17.2. The molecule has 1 aliphatic heterocycles. The van der Waals surface area contributed by atoms with Crippen molar-refractivity contribution in [3.8, 4) is 0 Å². The maximum Gasteiger partial charge on any atom is 0.218 e. The van der Waals surface area contributed by atoms with Crippen molar-refractivity contribution in [2.75, 3.05) is 31.1 Å². The summed E-state index contributed by atoms with van der Waals surface area (Å²) in [5.74, 6) is -1.00. The third-order valence-corrected chi connectivity index (χ3v) is 6.30. The molecule has 0 unspecified atom stereocenters. The Morgan fingerprint density at radius 3 is 2.25 bits per heavy atom. The minimum atomic E-state index is -3.60. The maximum atomic E-state index is 13.9. The molecule has 3 rings (SSSR count). The average Bonchev–Trinajstić information content (AvgIpc) is 2.59. The quantitative estimate of drug-likeness (QED) is 0.832. The highest BCUT2D eigenvalue weighted by Gasteiger charge is 2.28. The molecule has 0 aromatic heterocycles. The Bertz CT molecular complexity index is 786. The lowest BCUT2D eigenvalue weighted by molar-refractivity contribution is 0.384. The van der Waals surface area contributed by atoms with E-state index in [-0.39, 0.29) is 10.6 Å². The van der Waals surface area contributed by atoms with Crippen molar-refractivity contribution in [1.82, 2.24) is 4.31 Å². The van der Waals surface area contributed by atoms with E-state index in [1.807, 2.05) is 30.3 Å². The summed E-state index contributed by atoms with van der Waals surface area (Å²) in [7, 11) is -3.60. The second kappa shape index (κ2) is 7.09. The van der Waals surface area contributed by atoms with E-state index in [4.69, 9.17) is 11.6 Å². The number of anilines is 1. The van der Waals surface area contributed by atoms with Gasteiger partial charge in [-0.15, -0.1) is 0 Å². The van der Waals surface area contributed by atoms with Gasteiger partial charge in [-0.3, -0.25) is 0 Å². The number of halogens is 2. The van der Waals surface area contributed by atoms with Gasteiger partial charge in [0.2, 0.25) is 10.0 Å². The fourth-order valence-electron chi connectivity index (χ4n) is 2.81. The molecule has 2 aromatic rings. The van der Waals surface area contributed by atoms with Crippen LogP contribution in [0.5, 0.6) is 0 Å². The predicted molar refractivity (Wildman–Crippen MR) is 94.3 cm³/mol. The summed E-state index contributed by atoms with van der Waals surface area (Å²) in [6.07, 6.45) is 0. The van der Waals surface area contributed by atoms with Gasteiger partial charge in [0.15, 0.2) is 0 Å². The molecule has 0 bridgehead atoms. The number of benzene rings is 2. The van der Waals surface area contributed by atoms with Crippen LogP contribution in [-0.2, 0) is 15.8 Å². The van der Waals surface area contributed by atoms with Crippen LogP contribution in [0.25, 0.3) is 0 Å². The second-order valence-corrected chi connectivity index (χ2v) is 8.05. The third kappa shape index (κ3) is 3.71. The van der Waals surface area contributed by atoms with Crippen LogP contribution in [0, 0.1) is 5.82 Å². The van der Waals surface area contributed by atoms with E-state index in [1.165, 1.54) is 22.5 Å². The molecule has 0 radical (unpaired) electrons. The lowest BCUT2D eigenvalue weighted by Gasteiger charge is -2.35. The highest BCUT2D eigenvalue weighted by molar-refractivity contribution is 7.88. The molecule has 4 nitrogen and oxygen atoms in total. The first-order chi connectivity index (χ1) is 11.5. The van der Waals surface area contributed by atoms with E-state index in [0.717, 1.165) is 5.69 Å². The average molecular weight is 369 g/mol. The summed E-state index contributed by atoms with van der Waals surface area (Å²) in [6, 6.07) is 14.1. The van der Waals surface area contributed by atoms with Crippen molar-refractivity contribution < 1.29 is 12.8 Å². The van der Waals surface area contributed by atoms with E-state index in [9.17, 15) is 12.8 Å². The second-order valence-electron chi connectivity index (χ2n) is 5.68. The minimum Gasteiger partial charge on any atom is -0.369 e.